The van der Waals surface area contributed by atoms with Crippen LogP contribution in [0.3, 0.4) is 0 Å². The summed E-state index contributed by atoms with van der Waals surface area (Å²) in [6, 6.07) is 5.55. The highest BCUT2D eigenvalue weighted by atomic mass is 16.6. The van der Waals surface area contributed by atoms with Crippen LogP contribution in [0.2, 0.25) is 0 Å². The molecule has 1 unspecified atom stereocenters. The number of nitro groups is 1. The highest BCUT2D eigenvalue weighted by molar-refractivity contribution is 5.80. The summed E-state index contributed by atoms with van der Waals surface area (Å²) in [6.45, 7) is 5.45. The molecule has 6 nitrogen and oxygen atoms in total. The summed E-state index contributed by atoms with van der Waals surface area (Å²) in [5, 5.41) is 13.0. The summed E-state index contributed by atoms with van der Waals surface area (Å²) in [6.07, 6.45) is 0.891. The predicted molar refractivity (Wildman–Crippen MR) is 66.4 cm³/mol. The minimum Gasteiger partial charge on any atom is -0.481 e. The van der Waals surface area contributed by atoms with Crippen molar-refractivity contribution in [1.29, 1.82) is 0 Å². The molecule has 0 spiro atoms. The topological polar surface area (TPSA) is 81.5 Å². The lowest BCUT2D eigenvalue weighted by Crippen LogP contribution is -2.36. The molecule has 1 N–H and O–H groups in total. The van der Waals surface area contributed by atoms with E-state index in [0.29, 0.717) is 12.3 Å². The normalized spacial score (nSPS) is 11.4. The van der Waals surface area contributed by atoms with Gasteiger partial charge < -0.3 is 10.1 Å². The van der Waals surface area contributed by atoms with Crippen molar-refractivity contribution in [3.05, 3.63) is 47.0 Å². The average Bonchev–Trinajstić information content (AvgIpc) is 2.36. The van der Waals surface area contributed by atoms with Crippen LogP contribution in [0.1, 0.15) is 6.92 Å². The molecule has 0 heterocycles. The molecule has 96 valence electrons. The van der Waals surface area contributed by atoms with Crippen LogP contribution in [0.4, 0.5) is 5.69 Å². The molecule has 0 bridgehead atoms. The lowest BCUT2D eigenvalue weighted by molar-refractivity contribution is -0.384. The van der Waals surface area contributed by atoms with E-state index in [1.807, 2.05) is 0 Å². The number of nitrogens with one attached hydrogen (secondary N) is 1. The molecular formula is C12H14N2O4. The molecule has 1 rings (SSSR count). The predicted octanol–water partition coefficient (Wildman–Crippen LogP) is 1.66. The van der Waals surface area contributed by atoms with Gasteiger partial charge in [-0.3, -0.25) is 14.9 Å². The average molecular weight is 250 g/mol. The number of carbonyl (C=O) groups excluding carboxylic acids is 1. The smallest absolute Gasteiger partial charge is 0.269 e. The van der Waals surface area contributed by atoms with E-state index in [2.05, 4.69) is 11.9 Å². The van der Waals surface area contributed by atoms with Crippen LogP contribution in [-0.4, -0.2) is 23.5 Å². The number of carbonyl (C=O) groups is 1. The summed E-state index contributed by atoms with van der Waals surface area (Å²) >= 11 is 0. The Morgan fingerprint density at radius 2 is 2.17 bits per heavy atom. The van der Waals surface area contributed by atoms with Crippen LogP contribution >= 0.6 is 0 Å². The molecule has 0 radical (unpaired) electrons. The van der Waals surface area contributed by atoms with Crippen LogP contribution in [0.5, 0.6) is 5.75 Å². The second kappa shape index (κ2) is 6.39. The largest absolute Gasteiger partial charge is 0.481 e. The molecule has 18 heavy (non-hydrogen) atoms. The lowest BCUT2D eigenvalue weighted by Gasteiger charge is -2.13. The Kier molecular flexibility index (Phi) is 4.86. The molecule has 1 amide bonds. The first-order valence-corrected chi connectivity index (χ1v) is 5.34. The first-order chi connectivity index (χ1) is 8.54. The van der Waals surface area contributed by atoms with Gasteiger partial charge in [0.2, 0.25) is 0 Å². The molecule has 0 saturated heterocycles. The zero-order valence-electron chi connectivity index (χ0n) is 9.96. The summed E-state index contributed by atoms with van der Waals surface area (Å²) < 4.78 is 5.34. The highest BCUT2D eigenvalue weighted by Gasteiger charge is 2.14. The van der Waals surface area contributed by atoms with Crippen molar-refractivity contribution in [1.82, 2.24) is 5.32 Å². The van der Waals surface area contributed by atoms with Gasteiger partial charge in [0, 0.05) is 18.7 Å². The van der Waals surface area contributed by atoms with Crippen LogP contribution in [0.15, 0.2) is 36.9 Å². The van der Waals surface area contributed by atoms with Gasteiger partial charge in [-0.05, 0) is 19.1 Å². The van der Waals surface area contributed by atoms with Crippen LogP contribution in [-0.2, 0) is 4.79 Å². The first kappa shape index (κ1) is 13.7. The number of hydrogen-bond acceptors (Lipinski definition) is 4. The van der Waals surface area contributed by atoms with Gasteiger partial charge in [0.15, 0.2) is 6.10 Å². The van der Waals surface area contributed by atoms with E-state index in [-0.39, 0.29) is 11.6 Å². The van der Waals surface area contributed by atoms with Crippen LogP contribution < -0.4 is 10.1 Å². The van der Waals surface area contributed by atoms with Gasteiger partial charge in [-0.15, -0.1) is 6.58 Å². The molecule has 6 heteroatoms. The Labute approximate surface area is 104 Å². The fourth-order valence-electron chi connectivity index (χ4n) is 1.22. The third-order valence-electron chi connectivity index (χ3n) is 2.15. The lowest BCUT2D eigenvalue weighted by atomic mass is 10.3. The number of nitrogens with zero attached hydrogens (tertiary/aromatic N) is 1. The highest BCUT2D eigenvalue weighted by Crippen LogP contribution is 2.18. The molecule has 1 aromatic carbocycles. The maximum Gasteiger partial charge on any atom is 0.269 e. The van der Waals surface area contributed by atoms with E-state index in [4.69, 9.17) is 4.74 Å². The second-order valence-electron chi connectivity index (χ2n) is 3.54. The van der Waals surface area contributed by atoms with E-state index in [0.717, 1.165) is 0 Å². The number of amides is 1. The van der Waals surface area contributed by atoms with Gasteiger partial charge in [-0.1, -0.05) is 6.08 Å². The molecule has 1 atom stereocenters. The molecular weight excluding hydrogens is 236 g/mol. The number of non-ortho nitro benzene ring substituents is 1. The van der Waals surface area contributed by atoms with Gasteiger partial charge in [0.25, 0.3) is 11.6 Å². The Morgan fingerprint density at radius 1 is 1.56 bits per heavy atom. The van der Waals surface area contributed by atoms with E-state index in [1.54, 1.807) is 13.0 Å². The fraction of sp³-hybridized carbons (Fsp3) is 0.250. The minimum absolute atomic E-state index is 0.0221. The maximum atomic E-state index is 11.5. The van der Waals surface area contributed by atoms with E-state index in [1.165, 1.54) is 24.3 Å². The Morgan fingerprint density at radius 3 is 2.67 bits per heavy atom. The molecule has 0 aliphatic heterocycles. The Hall–Kier alpha value is -2.37. The van der Waals surface area contributed by atoms with Gasteiger partial charge >= 0.3 is 0 Å². The standard InChI is InChI=1S/C12H14N2O4/c1-3-8-13-12(15)9(2)18-11-6-4-10(5-7-11)14(16)17/h3-7,9H,1,8H2,2H3,(H,13,15). The molecule has 1 aromatic rings. The minimum atomic E-state index is -0.675. The number of ether oxygens (including phenoxy) is 1. The Balaban J connectivity index is 2.58. The van der Waals surface area contributed by atoms with Crippen molar-refractivity contribution < 1.29 is 14.5 Å². The zero-order chi connectivity index (χ0) is 13.5. The van der Waals surface area contributed by atoms with E-state index < -0.39 is 11.0 Å². The van der Waals surface area contributed by atoms with Crippen LogP contribution in [0.25, 0.3) is 0 Å². The summed E-state index contributed by atoms with van der Waals surface area (Å²) in [4.78, 5) is 21.4. The molecule has 0 fully saturated rings. The fourth-order valence-corrected chi connectivity index (χ4v) is 1.22. The van der Waals surface area contributed by atoms with Crippen LogP contribution in [0, 0.1) is 10.1 Å². The van der Waals surface area contributed by atoms with Crippen molar-refractivity contribution in [2.75, 3.05) is 6.54 Å². The number of nitro benzene ring substituents is 1. The maximum absolute atomic E-state index is 11.5. The number of hydrogen-bond donors (Lipinski definition) is 1. The van der Waals surface area contributed by atoms with Crippen molar-refractivity contribution in [3.8, 4) is 5.75 Å². The summed E-state index contributed by atoms with van der Waals surface area (Å²) in [5.41, 5.74) is -0.0221. The summed E-state index contributed by atoms with van der Waals surface area (Å²) in [5.74, 6) is 0.134. The van der Waals surface area contributed by atoms with Gasteiger partial charge in [0.05, 0.1) is 4.92 Å². The second-order valence-corrected chi connectivity index (χ2v) is 3.54. The van der Waals surface area contributed by atoms with Crippen molar-refractivity contribution in [3.63, 3.8) is 0 Å². The quantitative estimate of drug-likeness (QED) is 0.473. The number of rotatable bonds is 6. The zero-order valence-corrected chi connectivity index (χ0v) is 9.96. The van der Waals surface area contributed by atoms with Gasteiger partial charge in [0.1, 0.15) is 5.75 Å². The third kappa shape index (κ3) is 3.89. The van der Waals surface area contributed by atoms with Crippen molar-refractivity contribution in [2.24, 2.45) is 0 Å². The van der Waals surface area contributed by atoms with Gasteiger partial charge in [-0.2, -0.15) is 0 Å². The number of benzene rings is 1. The monoisotopic (exact) mass is 250 g/mol. The Bertz CT molecular complexity index is 442. The molecule has 0 aliphatic carbocycles. The summed E-state index contributed by atoms with van der Waals surface area (Å²) in [7, 11) is 0. The molecule has 0 aromatic heterocycles. The SMILES string of the molecule is C=CCNC(=O)C(C)Oc1ccc([N+](=O)[O-])cc1. The van der Waals surface area contributed by atoms with E-state index in [9.17, 15) is 14.9 Å². The molecule has 0 saturated carbocycles. The van der Waals surface area contributed by atoms with Crippen molar-refractivity contribution in [2.45, 2.75) is 13.0 Å². The van der Waals surface area contributed by atoms with Gasteiger partial charge in [-0.25, -0.2) is 0 Å². The first-order valence-electron chi connectivity index (χ1n) is 5.34. The van der Waals surface area contributed by atoms with E-state index >= 15 is 0 Å². The molecule has 0 aliphatic rings. The van der Waals surface area contributed by atoms with Crippen molar-refractivity contribution >= 4 is 11.6 Å². The third-order valence-corrected chi connectivity index (χ3v) is 2.15.